The van der Waals surface area contributed by atoms with Gasteiger partial charge in [-0.15, -0.1) is 11.3 Å². The third kappa shape index (κ3) is 7.38. The maximum absolute atomic E-state index is 13.7. The third-order valence-corrected chi connectivity index (χ3v) is 7.52. The molecule has 2 heterocycles. The average Bonchev–Trinajstić information content (AvgIpc) is 3.55. The molecule has 0 N–H and O–H groups in total. The molecule has 0 saturated heterocycles. The number of hydrogen-bond acceptors (Lipinski definition) is 9. The molecule has 4 aromatic rings. The molecule has 4 rings (SSSR count). The molecule has 13 heteroatoms. The number of carbonyl (C=O) groups is 2. The summed E-state index contributed by atoms with van der Waals surface area (Å²) < 4.78 is 12.8. The van der Waals surface area contributed by atoms with Crippen LogP contribution < -0.4 is 4.90 Å². The Balaban J connectivity index is 1.81. The second kappa shape index (κ2) is 13.1. The van der Waals surface area contributed by atoms with Gasteiger partial charge >= 0.3 is 12.1 Å². The van der Waals surface area contributed by atoms with Crippen LogP contribution in [-0.2, 0) is 22.6 Å². The molecular formula is C30H28ClN5O6S. The number of carbonyl (C=O) groups excluding carboxylic acids is 2. The number of aromatic nitrogens is 2. The van der Waals surface area contributed by atoms with E-state index in [0.717, 1.165) is 16.9 Å². The second-order valence-corrected chi connectivity index (χ2v) is 11.8. The summed E-state index contributed by atoms with van der Waals surface area (Å²) in [6.07, 6.45) is 2.42. The Morgan fingerprint density at radius 1 is 1.16 bits per heavy atom. The summed E-state index contributed by atoms with van der Waals surface area (Å²) in [5.74, 6) is -0.632. The van der Waals surface area contributed by atoms with E-state index in [2.05, 4.69) is 11.1 Å². The average molecular weight is 622 g/mol. The van der Waals surface area contributed by atoms with E-state index >= 15 is 0 Å². The first-order valence-electron chi connectivity index (χ1n) is 13.1. The van der Waals surface area contributed by atoms with E-state index in [-0.39, 0.29) is 34.3 Å². The number of imidazole rings is 1. The van der Waals surface area contributed by atoms with E-state index in [0.29, 0.717) is 28.4 Å². The molecule has 0 aliphatic rings. The summed E-state index contributed by atoms with van der Waals surface area (Å²) in [5, 5.41) is 22.1. The lowest BCUT2D eigenvalue weighted by Crippen LogP contribution is -2.37. The molecular weight excluding hydrogens is 594 g/mol. The summed E-state index contributed by atoms with van der Waals surface area (Å²) in [5.41, 5.74) is 1.46. The molecule has 43 heavy (non-hydrogen) atoms. The van der Waals surface area contributed by atoms with Gasteiger partial charge in [-0.25, -0.2) is 14.6 Å². The van der Waals surface area contributed by atoms with Crippen LogP contribution in [0.2, 0.25) is 5.02 Å². The van der Waals surface area contributed by atoms with Crippen LogP contribution in [0.3, 0.4) is 0 Å². The number of rotatable bonds is 9. The SMILES string of the molecule is CCOC(=O)c1sc(N(Cc2cncn2Cc2ccc([N+](=O)[O-])cc2)C(=O)OC(C)(C)C)c(C#N)c1-c1ccc(Cl)cc1. The highest BCUT2D eigenvalue weighted by molar-refractivity contribution is 7.19. The highest BCUT2D eigenvalue weighted by Gasteiger charge is 2.33. The van der Waals surface area contributed by atoms with E-state index in [1.54, 1.807) is 81.2 Å². The Morgan fingerprint density at radius 2 is 1.84 bits per heavy atom. The Labute approximate surface area is 257 Å². The highest BCUT2D eigenvalue weighted by Crippen LogP contribution is 2.43. The minimum Gasteiger partial charge on any atom is -0.462 e. The lowest BCUT2D eigenvalue weighted by atomic mass is 10.0. The zero-order valence-corrected chi connectivity index (χ0v) is 25.4. The fourth-order valence-electron chi connectivity index (χ4n) is 4.19. The lowest BCUT2D eigenvalue weighted by molar-refractivity contribution is -0.384. The summed E-state index contributed by atoms with van der Waals surface area (Å²) in [7, 11) is 0. The molecule has 0 saturated carbocycles. The number of non-ortho nitro benzene ring substituents is 1. The number of nitro benzene ring substituents is 1. The molecule has 0 fully saturated rings. The number of anilines is 1. The van der Waals surface area contributed by atoms with Gasteiger partial charge in [-0.1, -0.05) is 35.9 Å². The quantitative estimate of drug-likeness (QED) is 0.108. The molecule has 1 amide bonds. The van der Waals surface area contributed by atoms with Crippen LogP contribution in [0.1, 0.15) is 54.2 Å². The van der Waals surface area contributed by atoms with Crippen LogP contribution in [0.5, 0.6) is 0 Å². The summed E-state index contributed by atoms with van der Waals surface area (Å²) in [6, 6.07) is 15.0. The fraction of sp³-hybridized carbons (Fsp3) is 0.267. The van der Waals surface area contributed by atoms with E-state index in [1.165, 1.54) is 17.0 Å². The predicted molar refractivity (Wildman–Crippen MR) is 162 cm³/mol. The van der Waals surface area contributed by atoms with E-state index in [9.17, 15) is 25.0 Å². The largest absolute Gasteiger partial charge is 0.462 e. The van der Waals surface area contributed by atoms with Gasteiger partial charge in [0.05, 0.1) is 35.7 Å². The maximum atomic E-state index is 13.7. The standard InChI is InChI=1S/C30H28ClN5O6S/c1-5-41-28(37)26-25(20-8-10-21(31)11-9-20)24(14-32)27(43-26)35(29(38)42-30(2,3)4)17-23-15-33-18-34(23)16-19-6-12-22(13-7-19)36(39)40/h6-13,15,18H,5,16-17H2,1-4H3. The first kappa shape index (κ1) is 31.2. The number of esters is 1. The van der Waals surface area contributed by atoms with Crippen molar-refractivity contribution in [2.24, 2.45) is 0 Å². The number of ether oxygens (including phenoxy) is 2. The molecule has 0 atom stereocenters. The van der Waals surface area contributed by atoms with Crippen molar-refractivity contribution < 1.29 is 24.0 Å². The summed E-state index contributed by atoms with van der Waals surface area (Å²) >= 11 is 7.05. The van der Waals surface area contributed by atoms with Crippen molar-refractivity contribution >= 4 is 45.7 Å². The van der Waals surface area contributed by atoms with Crippen molar-refractivity contribution in [2.45, 2.75) is 46.4 Å². The van der Waals surface area contributed by atoms with E-state index < -0.39 is 22.6 Å². The van der Waals surface area contributed by atoms with Gasteiger partial charge in [-0.05, 0) is 51.0 Å². The molecule has 2 aromatic carbocycles. The van der Waals surface area contributed by atoms with E-state index in [4.69, 9.17) is 21.1 Å². The summed E-state index contributed by atoms with van der Waals surface area (Å²) in [6.45, 7) is 7.24. The predicted octanol–water partition coefficient (Wildman–Crippen LogP) is 7.21. The van der Waals surface area contributed by atoms with Crippen molar-refractivity contribution in [1.82, 2.24) is 9.55 Å². The highest BCUT2D eigenvalue weighted by atomic mass is 35.5. The van der Waals surface area contributed by atoms with Gasteiger partial charge in [0, 0.05) is 35.5 Å². The molecule has 0 aliphatic carbocycles. The smallest absolute Gasteiger partial charge is 0.415 e. The summed E-state index contributed by atoms with van der Waals surface area (Å²) in [4.78, 5) is 43.1. The van der Waals surface area contributed by atoms with Crippen molar-refractivity contribution in [3.63, 3.8) is 0 Å². The molecule has 0 spiro atoms. The lowest BCUT2D eigenvalue weighted by Gasteiger charge is -2.27. The maximum Gasteiger partial charge on any atom is 0.415 e. The van der Waals surface area contributed by atoms with Gasteiger partial charge in [0.15, 0.2) is 0 Å². The van der Waals surface area contributed by atoms with Crippen molar-refractivity contribution in [3.05, 3.63) is 97.9 Å². The molecule has 0 radical (unpaired) electrons. The van der Waals surface area contributed by atoms with Gasteiger partial charge < -0.3 is 14.0 Å². The Hall–Kier alpha value is -4.73. The van der Waals surface area contributed by atoms with E-state index in [1.807, 2.05) is 0 Å². The fourth-order valence-corrected chi connectivity index (χ4v) is 5.47. The molecule has 11 nitrogen and oxygen atoms in total. The van der Waals surface area contributed by atoms with Crippen molar-refractivity contribution in [1.29, 1.82) is 5.26 Å². The first-order chi connectivity index (χ1) is 20.4. The molecule has 0 bridgehead atoms. The zero-order chi connectivity index (χ0) is 31.3. The Kier molecular flexibility index (Phi) is 9.48. The van der Waals surface area contributed by atoms with Gasteiger partial charge in [-0.3, -0.25) is 15.0 Å². The topological polar surface area (TPSA) is 141 Å². The van der Waals surface area contributed by atoms with Gasteiger partial charge in [0.2, 0.25) is 0 Å². The normalized spacial score (nSPS) is 11.1. The van der Waals surface area contributed by atoms with Crippen LogP contribution in [0.15, 0.2) is 61.1 Å². The number of hydrogen-bond donors (Lipinski definition) is 0. The first-order valence-corrected chi connectivity index (χ1v) is 14.3. The van der Waals surface area contributed by atoms with Gasteiger partial charge in [-0.2, -0.15) is 5.26 Å². The number of amides is 1. The molecule has 2 aromatic heterocycles. The number of halogens is 1. The van der Waals surface area contributed by atoms with Crippen LogP contribution >= 0.6 is 22.9 Å². The van der Waals surface area contributed by atoms with Crippen LogP contribution in [-0.4, -0.2) is 38.7 Å². The van der Waals surface area contributed by atoms with Gasteiger partial charge in [0.25, 0.3) is 5.69 Å². The Bertz CT molecular complexity index is 1680. The zero-order valence-electron chi connectivity index (χ0n) is 23.9. The van der Waals surface area contributed by atoms with Gasteiger partial charge in [0.1, 0.15) is 21.5 Å². The minimum atomic E-state index is -0.860. The molecule has 222 valence electrons. The van der Waals surface area contributed by atoms with Crippen LogP contribution in [0.25, 0.3) is 11.1 Å². The number of nitrogens with zero attached hydrogens (tertiary/aromatic N) is 5. The Morgan fingerprint density at radius 3 is 2.42 bits per heavy atom. The minimum absolute atomic E-state index is 0.0265. The second-order valence-electron chi connectivity index (χ2n) is 10.3. The number of nitro groups is 1. The molecule has 0 unspecified atom stereocenters. The third-order valence-electron chi connectivity index (χ3n) is 6.07. The van der Waals surface area contributed by atoms with Crippen LogP contribution in [0.4, 0.5) is 15.5 Å². The van der Waals surface area contributed by atoms with Crippen molar-refractivity contribution in [2.75, 3.05) is 11.5 Å². The monoisotopic (exact) mass is 621 g/mol. The number of benzene rings is 2. The van der Waals surface area contributed by atoms with Crippen LogP contribution in [0, 0.1) is 21.4 Å². The van der Waals surface area contributed by atoms with Crippen molar-refractivity contribution in [3.8, 4) is 17.2 Å². The number of thiophene rings is 1. The number of nitriles is 1. The molecule has 0 aliphatic heterocycles.